The summed E-state index contributed by atoms with van der Waals surface area (Å²) < 4.78 is 68.5. The van der Waals surface area contributed by atoms with Crippen LogP contribution in [0.25, 0.3) is 0 Å². The molecule has 0 radical (unpaired) electrons. The Bertz CT molecular complexity index is 1820. The van der Waals surface area contributed by atoms with Gasteiger partial charge in [-0.3, -0.25) is 37.3 Å². The van der Waals surface area contributed by atoms with Crippen LogP contribution in [0.4, 0.5) is 0 Å². The van der Waals surface area contributed by atoms with Crippen molar-refractivity contribution in [2.75, 3.05) is 39.6 Å². The molecule has 0 fully saturated rings. The van der Waals surface area contributed by atoms with Gasteiger partial charge in [-0.1, -0.05) is 349 Å². The molecule has 0 aliphatic carbocycles. The molecular weight excluding hydrogens is 1250 g/mol. The summed E-state index contributed by atoms with van der Waals surface area (Å²) in [6.45, 7) is 7.26. The Balaban J connectivity index is 5.19. The maximum Gasteiger partial charge on any atom is 0.472 e. The zero-order valence-corrected chi connectivity index (χ0v) is 63.6. The highest BCUT2D eigenvalue weighted by Crippen LogP contribution is 2.45. The normalized spacial score (nSPS) is 13.9. The van der Waals surface area contributed by atoms with Gasteiger partial charge in [0.1, 0.15) is 19.3 Å². The highest BCUT2D eigenvalue weighted by molar-refractivity contribution is 7.47. The van der Waals surface area contributed by atoms with E-state index in [9.17, 15) is 43.2 Å². The van der Waals surface area contributed by atoms with Crippen LogP contribution in [0, 0.1) is 5.92 Å². The van der Waals surface area contributed by atoms with Crippen molar-refractivity contribution in [3.05, 3.63) is 0 Å². The van der Waals surface area contributed by atoms with Crippen molar-refractivity contribution in [2.24, 2.45) is 5.92 Å². The molecule has 95 heavy (non-hydrogen) atoms. The number of phosphoric acid groups is 2. The number of carbonyl (C=O) groups is 4. The molecule has 5 atom stereocenters. The second-order valence-corrected chi connectivity index (χ2v) is 30.8. The van der Waals surface area contributed by atoms with Crippen molar-refractivity contribution >= 4 is 39.5 Å². The van der Waals surface area contributed by atoms with Crippen LogP contribution in [0.1, 0.15) is 401 Å². The van der Waals surface area contributed by atoms with Gasteiger partial charge in [-0.15, -0.1) is 0 Å². The third-order valence-electron chi connectivity index (χ3n) is 17.8. The van der Waals surface area contributed by atoms with Crippen molar-refractivity contribution in [3.8, 4) is 0 Å². The van der Waals surface area contributed by atoms with E-state index >= 15 is 0 Å². The van der Waals surface area contributed by atoms with Crippen molar-refractivity contribution in [3.63, 3.8) is 0 Å². The highest BCUT2D eigenvalue weighted by Gasteiger charge is 2.30. The molecule has 0 aromatic rings. The van der Waals surface area contributed by atoms with Crippen molar-refractivity contribution in [1.29, 1.82) is 0 Å². The van der Waals surface area contributed by atoms with E-state index in [-0.39, 0.29) is 25.7 Å². The first kappa shape index (κ1) is 93.1. The summed E-state index contributed by atoms with van der Waals surface area (Å²) in [6, 6.07) is 0. The zero-order chi connectivity index (χ0) is 69.8. The van der Waals surface area contributed by atoms with Gasteiger partial charge in [0.25, 0.3) is 0 Å². The molecule has 0 saturated carbocycles. The van der Waals surface area contributed by atoms with Gasteiger partial charge in [-0.05, 0) is 31.6 Å². The molecule has 564 valence electrons. The van der Waals surface area contributed by atoms with Crippen LogP contribution in [0.2, 0.25) is 0 Å². The number of aliphatic hydroxyl groups excluding tert-OH is 1. The van der Waals surface area contributed by atoms with Gasteiger partial charge in [0.05, 0.1) is 26.4 Å². The van der Waals surface area contributed by atoms with Crippen LogP contribution in [-0.2, 0) is 65.4 Å². The average molecular weight is 1400 g/mol. The fourth-order valence-corrected chi connectivity index (χ4v) is 13.3. The van der Waals surface area contributed by atoms with Gasteiger partial charge in [-0.2, -0.15) is 0 Å². The summed E-state index contributed by atoms with van der Waals surface area (Å²) in [7, 11) is -9.91. The van der Waals surface area contributed by atoms with Gasteiger partial charge in [-0.25, -0.2) is 9.13 Å². The standard InChI is InChI=1S/C76H148O17P2/c1-6-9-12-15-18-21-23-25-27-28-29-30-31-32-34-36-41-46-51-56-61-75(80)93-72(66-87-74(79)60-55-50-45-40-35-33-26-24-22-19-16-13-10-7-2)68-91-95(84,85)89-64-70(77)63-88-94(82,83)90-67-71(65-86-73(78)59-54-49-44-20-17-14-11-8-3)92-76(81)62-57-52-47-42-38-37-39-43-48-53-58-69(4)5/h69-72,77H,6-68H2,1-5H3,(H,82,83)(H,84,85)/t70-,71+,72+/m0/s1. The molecule has 0 rings (SSSR count). The first-order valence-corrected chi connectivity index (χ1v) is 42.6. The monoisotopic (exact) mass is 1400 g/mol. The van der Waals surface area contributed by atoms with E-state index in [4.69, 9.17) is 37.0 Å². The van der Waals surface area contributed by atoms with E-state index in [0.717, 1.165) is 102 Å². The molecule has 0 heterocycles. The molecule has 0 saturated heterocycles. The number of unbranched alkanes of at least 4 members (excludes halogenated alkanes) is 48. The number of rotatable bonds is 76. The lowest BCUT2D eigenvalue weighted by Gasteiger charge is -2.21. The van der Waals surface area contributed by atoms with Crippen LogP contribution in [0.3, 0.4) is 0 Å². The van der Waals surface area contributed by atoms with Crippen LogP contribution >= 0.6 is 15.6 Å². The molecule has 3 N–H and O–H groups in total. The largest absolute Gasteiger partial charge is 0.472 e. The van der Waals surface area contributed by atoms with Crippen LogP contribution in [-0.4, -0.2) is 96.7 Å². The number of hydrogen-bond donors (Lipinski definition) is 3. The second-order valence-electron chi connectivity index (χ2n) is 27.9. The Morgan fingerprint density at radius 1 is 0.284 bits per heavy atom. The lowest BCUT2D eigenvalue weighted by atomic mass is 10.0. The number of aliphatic hydroxyl groups is 1. The molecule has 17 nitrogen and oxygen atoms in total. The Labute approximate surface area is 581 Å². The minimum absolute atomic E-state index is 0.106. The van der Waals surface area contributed by atoms with Crippen molar-refractivity contribution in [1.82, 2.24) is 0 Å². The fourth-order valence-electron chi connectivity index (χ4n) is 11.7. The van der Waals surface area contributed by atoms with Crippen molar-refractivity contribution in [2.45, 2.75) is 419 Å². The number of ether oxygens (including phenoxy) is 4. The minimum Gasteiger partial charge on any atom is -0.462 e. The molecule has 0 aromatic heterocycles. The van der Waals surface area contributed by atoms with Gasteiger partial charge in [0, 0.05) is 25.7 Å². The van der Waals surface area contributed by atoms with Crippen LogP contribution in [0.15, 0.2) is 0 Å². The van der Waals surface area contributed by atoms with Crippen LogP contribution in [0.5, 0.6) is 0 Å². The van der Waals surface area contributed by atoms with Gasteiger partial charge < -0.3 is 33.8 Å². The summed E-state index contributed by atoms with van der Waals surface area (Å²) >= 11 is 0. The summed E-state index contributed by atoms with van der Waals surface area (Å²) in [5.41, 5.74) is 0. The molecule has 0 spiro atoms. The number of carbonyl (C=O) groups excluding carboxylic acids is 4. The van der Waals surface area contributed by atoms with Gasteiger partial charge in [0.2, 0.25) is 0 Å². The predicted molar refractivity (Wildman–Crippen MR) is 386 cm³/mol. The summed E-state index contributed by atoms with van der Waals surface area (Å²) in [5.74, 6) is -1.36. The van der Waals surface area contributed by atoms with E-state index < -0.39 is 97.5 Å². The van der Waals surface area contributed by atoms with Crippen LogP contribution < -0.4 is 0 Å². The van der Waals surface area contributed by atoms with Crippen molar-refractivity contribution < 1.29 is 80.2 Å². The minimum atomic E-state index is -4.96. The predicted octanol–water partition coefficient (Wildman–Crippen LogP) is 22.5. The Kier molecular flexibility index (Phi) is 67.7. The molecule has 0 aliphatic rings. The molecule has 0 bridgehead atoms. The second kappa shape index (κ2) is 69.2. The third-order valence-corrected chi connectivity index (χ3v) is 19.7. The fraction of sp³-hybridized carbons (Fsp3) is 0.947. The first-order valence-electron chi connectivity index (χ1n) is 39.6. The number of esters is 4. The van der Waals surface area contributed by atoms with E-state index in [1.807, 2.05) is 0 Å². The maximum atomic E-state index is 13.1. The molecule has 0 amide bonds. The van der Waals surface area contributed by atoms with E-state index in [2.05, 4.69) is 34.6 Å². The highest BCUT2D eigenvalue weighted by atomic mass is 31.2. The summed E-state index contributed by atoms with van der Waals surface area (Å²) in [6.07, 6.45) is 58.4. The first-order chi connectivity index (χ1) is 46.0. The third kappa shape index (κ3) is 70.3. The SMILES string of the molecule is CCCCCCCCCCCCCCCCCCCCCCC(=O)O[C@H](COC(=O)CCCCCCCCCCCCCCCC)COP(=O)(O)OC[C@@H](O)COP(=O)(O)OC[C@@H](COC(=O)CCCCCCCCCC)OC(=O)CCCCCCCCCCCCC(C)C. The maximum absolute atomic E-state index is 13.1. The smallest absolute Gasteiger partial charge is 0.462 e. The Morgan fingerprint density at radius 2 is 0.484 bits per heavy atom. The zero-order valence-electron chi connectivity index (χ0n) is 61.8. The summed E-state index contributed by atoms with van der Waals surface area (Å²) in [4.78, 5) is 72.7. The summed E-state index contributed by atoms with van der Waals surface area (Å²) in [5, 5.41) is 10.6. The quantitative estimate of drug-likeness (QED) is 0.0222. The molecule has 2 unspecified atom stereocenters. The number of hydrogen-bond acceptors (Lipinski definition) is 15. The molecule has 0 aromatic carbocycles. The Hall–Kier alpha value is -1.94. The molecule has 19 heteroatoms. The number of phosphoric ester groups is 2. The lowest BCUT2D eigenvalue weighted by Crippen LogP contribution is -2.30. The lowest BCUT2D eigenvalue weighted by molar-refractivity contribution is -0.161. The topological polar surface area (TPSA) is 237 Å². The Morgan fingerprint density at radius 3 is 0.716 bits per heavy atom. The van der Waals surface area contributed by atoms with E-state index in [1.54, 1.807) is 0 Å². The van der Waals surface area contributed by atoms with Gasteiger partial charge in [0.15, 0.2) is 12.2 Å². The van der Waals surface area contributed by atoms with E-state index in [0.29, 0.717) is 25.7 Å². The van der Waals surface area contributed by atoms with Gasteiger partial charge >= 0.3 is 39.5 Å². The molecule has 0 aliphatic heterocycles. The molecular formula is C76H148O17P2. The van der Waals surface area contributed by atoms with E-state index in [1.165, 1.54) is 218 Å². The average Bonchev–Trinajstić information content (AvgIpc) is 2.55.